The lowest BCUT2D eigenvalue weighted by Gasteiger charge is -2.17. The molecule has 0 aliphatic rings. The first kappa shape index (κ1) is 20.3. The van der Waals surface area contributed by atoms with Crippen LogP contribution in [0.2, 0.25) is 0 Å². The molecule has 1 N–H and O–H groups in total. The molecule has 3 aromatic rings. The van der Waals surface area contributed by atoms with Crippen molar-refractivity contribution in [1.29, 1.82) is 0 Å². The van der Waals surface area contributed by atoms with Gasteiger partial charge in [-0.15, -0.1) is 6.58 Å². The highest BCUT2D eigenvalue weighted by Crippen LogP contribution is 2.11. The van der Waals surface area contributed by atoms with Crippen molar-refractivity contribution in [2.24, 2.45) is 0 Å². The summed E-state index contributed by atoms with van der Waals surface area (Å²) in [5.41, 5.74) is 0.987. The quantitative estimate of drug-likeness (QED) is 0.474. The van der Waals surface area contributed by atoms with Gasteiger partial charge in [0.05, 0.1) is 11.0 Å². The van der Waals surface area contributed by atoms with Gasteiger partial charge in [0.1, 0.15) is 6.54 Å². The largest absolute Gasteiger partial charge is 0.352 e. The predicted molar refractivity (Wildman–Crippen MR) is 115 cm³/mol. The number of amides is 1. The Labute approximate surface area is 169 Å². The topological polar surface area (TPSA) is 73.1 Å². The van der Waals surface area contributed by atoms with Crippen LogP contribution < -0.4 is 16.4 Å². The fourth-order valence-electron chi connectivity index (χ4n) is 3.40. The van der Waals surface area contributed by atoms with E-state index in [4.69, 9.17) is 0 Å². The van der Waals surface area contributed by atoms with Gasteiger partial charge < -0.3 is 5.32 Å². The fourth-order valence-corrected chi connectivity index (χ4v) is 3.40. The second-order valence-electron chi connectivity index (χ2n) is 7.08. The molecule has 1 amide bonds. The molecule has 0 radical (unpaired) electrons. The number of carbonyl (C=O) groups is 1. The summed E-state index contributed by atoms with van der Waals surface area (Å²) in [7, 11) is 0. The maximum atomic E-state index is 12.6. The van der Waals surface area contributed by atoms with Crippen molar-refractivity contribution in [1.82, 2.24) is 14.5 Å². The molecule has 3 rings (SSSR count). The molecule has 0 aliphatic carbocycles. The van der Waals surface area contributed by atoms with E-state index < -0.39 is 11.1 Å². The summed E-state index contributed by atoms with van der Waals surface area (Å²) in [6, 6.07) is 17.1. The van der Waals surface area contributed by atoms with Gasteiger partial charge in [0, 0.05) is 12.6 Å². The molecule has 0 fully saturated rings. The monoisotopic (exact) mass is 391 g/mol. The Bertz CT molecular complexity index is 1130. The van der Waals surface area contributed by atoms with Crippen molar-refractivity contribution < 1.29 is 4.79 Å². The average molecular weight is 391 g/mol. The molecule has 6 nitrogen and oxygen atoms in total. The smallest absolute Gasteiger partial charge is 0.317 e. The van der Waals surface area contributed by atoms with E-state index in [9.17, 15) is 14.4 Å². The molecule has 29 heavy (non-hydrogen) atoms. The predicted octanol–water partition coefficient (Wildman–Crippen LogP) is 2.49. The maximum absolute atomic E-state index is 12.6. The third-order valence-corrected chi connectivity index (χ3v) is 4.87. The molecule has 0 aliphatic heterocycles. The Morgan fingerprint density at radius 1 is 1.00 bits per heavy atom. The maximum Gasteiger partial charge on any atom is 0.317 e. The zero-order chi connectivity index (χ0) is 20.8. The van der Waals surface area contributed by atoms with Crippen LogP contribution in [0.4, 0.5) is 0 Å². The number of nitrogens with zero attached hydrogens (tertiary/aromatic N) is 2. The van der Waals surface area contributed by atoms with E-state index in [1.54, 1.807) is 30.3 Å². The van der Waals surface area contributed by atoms with Crippen LogP contribution in [0.1, 0.15) is 18.9 Å². The van der Waals surface area contributed by atoms with Crippen LogP contribution in [0, 0.1) is 0 Å². The number of nitrogens with one attached hydrogen (secondary N) is 1. The summed E-state index contributed by atoms with van der Waals surface area (Å²) in [5.74, 6) is -0.293. The van der Waals surface area contributed by atoms with E-state index in [-0.39, 0.29) is 25.0 Å². The number of allylic oxidation sites excluding steroid dienone is 1. The Balaban J connectivity index is 1.77. The number of benzene rings is 2. The molecule has 6 heteroatoms. The first-order valence-corrected chi connectivity index (χ1v) is 9.68. The summed E-state index contributed by atoms with van der Waals surface area (Å²) in [5, 5.41) is 2.93. The first-order valence-electron chi connectivity index (χ1n) is 9.68. The van der Waals surface area contributed by atoms with Crippen molar-refractivity contribution in [2.75, 3.05) is 0 Å². The summed E-state index contributed by atoms with van der Waals surface area (Å²) >= 11 is 0. The molecular formula is C23H25N3O3. The number of aromatic nitrogens is 2. The van der Waals surface area contributed by atoms with Gasteiger partial charge >= 0.3 is 11.1 Å². The van der Waals surface area contributed by atoms with Crippen LogP contribution in [0.15, 0.2) is 76.8 Å². The van der Waals surface area contributed by atoms with Crippen molar-refractivity contribution in [3.8, 4) is 0 Å². The van der Waals surface area contributed by atoms with Crippen LogP contribution in [0.3, 0.4) is 0 Å². The van der Waals surface area contributed by atoms with Gasteiger partial charge in [-0.1, -0.05) is 48.5 Å². The van der Waals surface area contributed by atoms with Gasteiger partial charge in [0.25, 0.3) is 0 Å². The Morgan fingerprint density at radius 2 is 1.59 bits per heavy atom. The zero-order valence-corrected chi connectivity index (χ0v) is 16.5. The van der Waals surface area contributed by atoms with Gasteiger partial charge in [0.2, 0.25) is 5.91 Å². The Hall–Kier alpha value is -3.41. The number of carbonyl (C=O) groups excluding carboxylic acids is 1. The Morgan fingerprint density at radius 3 is 2.24 bits per heavy atom. The third kappa shape index (κ3) is 4.71. The fraction of sp³-hybridized carbons (Fsp3) is 0.261. The molecular weight excluding hydrogens is 366 g/mol. The van der Waals surface area contributed by atoms with Crippen molar-refractivity contribution in [3.05, 3.63) is 93.5 Å². The van der Waals surface area contributed by atoms with Crippen LogP contribution in [-0.4, -0.2) is 21.1 Å². The van der Waals surface area contributed by atoms with E-state index >= 15 is 0 Å². The van der Waals surface area contributed by atoms with Crippen LogP contribution in [0.5, 0.6) is 0 Å². The van der Waals surface area contributed by atoms with Crippen LogP contribution >= 0.6 is 0 Å². The number of fused-ring (bicyclic) bond motifs is 1. The molecule has 0 saturated carbocycles. The average Bonchev–Trinajstić information content (AvgIpc) is 2.73. The highest BCUT2D eigenvalue weighted by molar-refractivity contribution is 5.80. The van der Waals surface area contributed by atoms with Crippen LogP contribution in [0.25, 0.3) is 11.0 Å². The van der Waals surface area contributed by atoms with Gasteiger partial charge in [-0.25, -0.2) is 0 Å². The zero-order valence-electron chi connectivity index (χ0n) is 16.5. The number of hydrogen-bond acceptors (Lipinski definition) is 3. The Kier molecular flexibility index (Phi) is 6.44. The SMILES string of the molecule is C=CCn1c(=O)c(=O)n(CC(=O)N[C@@H](C)CCc2ccccc2)c2ccccc21. The minimum atomic E-state index is -0.711. The third-order valence-electron chi connectivity index (χ3n) is 4.87. The number of hydrogen-bond donors (Lipinski definition) is 1. The molecule has 0 unspecified atom stereocenters. The van der Waals surface area contributed by atoms with Gasteiger partial charge in [-0.2, -0.15) is 0 Å². The number of rotatable bonds is 8. The molecule has 1 heterocycles. The number of para-hydroxylation sites is 2. The van der Waals surface area contributed by atoms with Gasteiger partial charge in [-0.05, 0) is 37.5 Å². The molecule has 0 bridgehead atoms. The van der Waals surface area contributed by atoms with Crippen molar-refractivity contribution in [3.63, 3.8) is 0 Å². The normalized spacial score (nSPS) is 11.9. The number of aryl methyl sites for hydroxylation is 1. The standard InChI is InChI=1S/C23H25N3O3/c1-3-15-25-19-11-7-8-12-20(19)26(23(29)22(25)28)16-21(27)24-17(2)13-14-18-9-5-4-6-10-18/h3-12,17H,1,13-16H2,2H3,(H,24,27)/t17-/m0/s1. The van der Waals surface area contributed by atoms with E-state index in [1.807, 2.05) is 25.1 Å². The summed E-state index contributed by atoms with van der Waals surface area (Å²) in [6.45, 7) is 5.62. The summed E-state index contributed by atoms with van der Waals surface area (Å²) in [6.07, 6.45) is 3.20. The van der Waals surface area contributed by atoms with E-state index in [0.29, 0.717) is 11.0 Å². The molecule has 0 spiro atoms. The summed E-state index contributed by atoms with van der Waals surface area (Å²) in [4.78, 5) is 37.7. The summed E-state index contributed by atoms with van der Waals surface area (Å²) < 4.78 is 2.62. The van der Waals surface area contributed by atoms with Crippen molar-refractivity contribution in [2.45, 2.75) is 38.9 Å². The van der Waals surface area contributed by atoms with Gasteiger partial charge in [0.15, 0.2) is 0 Å². The van der Waals surface area contributed by atoms with E-state index in [0.717, 1.165) is 12.8 Å². The van der Waals surface area contributed by atoms with Crippen LogP contribution in [-0.2, 0) is 24.3 Å². The lowest BCUT2D eigenvalue weighted by atomic mass is 10.1. The van der Waals surface area contributed by atoms with Crippen molar-refractivity contribution >= 4 is 16.9 Å². The lowest BCUT2D eigenvalue weighted by molar-refractivity contribution is -0.122. The molecule has 1 aromatic heterocycles. The second-order valence-corrected chi connectivity index (χ2v) is 7.08. The van der Waals surface area contributed by atoms with E-state index in [1.165, 1.54) is 14.7 Å². The first-order chi connectivity index (χ1) is 14.0. The second kappa shape index (κ2) is 9.19. The van der Waals surface area contributed by atoms with E-state index in [2.05, 4.69) is 24.0 Å². The highest BCUT2D eigenvalue weighted by atomic mass is 16.2. The molecule has 0 saturated heterocycles. The molecule has 150 valence electrons. The lowest BCUT2D eigenvalue weighted by Crippen LogP contribution is -2.44. The minimum absolute atomic E-state index is 0.0502. The van der Waals surface area contributed by atoms with Gasteiger partial charge in [-0.3, -0.25) is 23.5 Å². The molecule has 2 aromatic carbocycles. The minimum Gasteiger partial charge on any atom is -0.352 e. The molecule has 1 atom stereocenters. The highest BCUT2D eigenvalue weighted by Gasteiger charge is 2.15.